The van der Waals surface area contributed by atoms with Crippen LogP contribution in [0.15, 0.2) is 91.0 Å². The molecule has 0 aliphatic rings. The highest BCUT2D eigenvalue weighted by Gasteiger charge is 2.13. The zero-order valence-electron chi connectivity index (χ0n) is 18.8. The zero-order valence-corrected chi connectivity index (χ0v) is 18.8. The normalized spacial score (nSPS) is 9.12. The van der Waals surface area contributed by atoms with Crippen molar-refractivity contribution in [1.82, 2.24) is 0 Å². The second kappa shape index (κ2) is 14.8. The molecule has 32 heavy (non-hydrogen) atoms. The summed E-state index contributed by atoms with van der Waals surface area (Å²) in [5.41, 5.74) is 1.88. The fourth-order valence-corrected chi connectivity index (χ4v) is 2.05. The van der Waals surface area contributed by atoms with Gasteiger partial charge in [0.25, 0.3) is 0 Å². The van der Waals surface area contributed by atoms with Gasteiger partial charge in [0, 0.05) is 25.7 Å². The first kappa shape index (κ1) is 25.9. The number of nitrogens with zero attached hydrogens (tertiary/aromatic N) is 2. The lowest BCUT2D eigenvalue weighted by Crippen LogP contribution is -2.11. The van der Waals surface area contributed by atoms with Gasteiger partial charge in [-0.1, -0.05) is 54.6 Å². The molecule has 0 bridgehead atoms. The maximum atomic E-state index is 11.5. The number of benzene rings is 3. The van der Waals surface area contributed by atoms with E-state index in [-0.39, 0.29) is 5.92 Å². The summed E-state index contributed by atoms with van der Waals surface area (Å²) < 4.78 is 0. The monoisotopic (exact) mass is 432 g/mol. The van der Waals surface area contributed by atoms with Crippen LogP contribution in [0.5, 0.6) is 0 Å². The maximum absolute atomic E-state index is 11.5. The van der Waals surface area contributed by atoms with Crippen LogP contribution in [-0.2, 0) is 9.78 Å². The summed E-state index contributed by atoms with van der Waals surface area (Å²) in [5.74, 6) is -1.23. The molecule has 0 amide bonds. The molecule has 0 saturated heterocycles. The molecule has 0 N–H and O–H groups in total. The average Bonchev–Trinajstić information content (AvgIpc) is 2.84. The van der Waals surface area contributed by atoms with Crippen molar-refractivity contribution in [2.45, 2.75) is 13.8 Å². The van der Waals surface area contributed by atoms with Gasteiger partial charge in [-0.2, -0.15) is 5.26 Å². The van der Waals surface area contributed by atoms with Crippen molar-refractivity contribution in [2.75, 3.05) is 19.0 Å². The van der Waals surface area contributed by atoms with Crippen LogP contribution in [-0.4, -0.2) is 26.0 Å². The Bertz CT molecular complexity index is 915. The fraction of sp³-hybridized carbons (Fsp3) is 0.192. The van der Waals surface area contributed by atoms with Crippen LogP contribution >= 0.6 is 0 Å². The molecule has 3 aromatic rings. The molecule has 0 aliphatic carbocycles. The topological polar surface area (TPSA) is 79.6 Å². The molecule has 166 valence electrons. The predicted octanol–water partition coefficient (Wildman–Crippen LogP) is 5.53. The molecule has 0 atom stereocenters. The lowest BCUT2D eigenvalue weighted by Gasteiger charge is -2.10. The fourth-order valence-electron chi connectivity index (χ4n) is 2.05. The maximum Gasteiger partial charge on any atom is 0.386 e. The summed E-state index contributed by atoms with van der Waals surface area (Å²) in [6, 6.07) is 28.9. The summed E-state index contributed by atoms with van der Waals surface area (Å²) >= 11 is 0. The van der Waals surface area contributed by atoms with Crippen LogP contribution in [0, 0.1) is 17.2 Å². The largest absolute Gasteiger partial charge is 0.386 e. The van der Waals surface area contributed by atoms with Crippen LogP contribution in [0.2, 0.25) is 0 Å². The number of rotatable bonds is 3. The summed E-state index contributed by atoms with van der Waals surface area (Å²) in [6.07, 6.45) is 0. The van der Waals surface area contributed by atoms with Crippen LogP contribution in [0.25, 0.3) is 0 Å². The molecule has 6 heteroatoms. The van der Waals surface area contributed by atoms with Gasteiger partial charge in [-0.3, -0.25) is 0 Å². The highest BCUT2D eigenvalue weighted by Crippen LogP contribution is 2.07. The van der Waals surface area contributed by atoms with Gasteiger partial charge in [0.05, 0.1) is 17.2 Å². The average molecular weight is 433 g/mol. The van der Waals surface area contributed by atoms with E-state index >= 15 is 0 Å². The van der Waals surface area contributed by atoms with Gasteiger partial charge in [0.15, 0.2) is 0 Å². The van der Waals surface area contributed by atoms with Crippen LogP contribution in [0.1, 0.15) is 34.6 Å². The van der Waals surface area contributed by atoms with Crippen molar-refractivity contribution in [3.63, 3.8) is 0 Å². The van der Waals surface area contributed by atoms with E-state index in [1.165, 1.54) is 5.69 Å². The van der Waals surface area contributed by atoms with E-state index in [9.17, 15) is 9.59 Å². The Hall–Kier alpha value is -4.11. The second-order valence-electron chi connectivity index (χ2n) is 6.99. The van der Waals surface area contributed by atoms with Gasteiger partial charge in [0.2, 0.25) is 0 Å². The third-order valence-electron chi connectivity index (χ3n) is 3.74. The molecule has 0 unspecified atom stereocenters. The Morgan fingerprint density at radius 1 is 0.719 bits per heavy atom. The summed E-state index contributed by atoms with van der Waals surface area (Å²) in [4.78, 5) is 34.0. The molecular formula is C26H28N2O4. The number of nitriles is 1. The van der Waals surface area contributed by atoms with E-state index in [2.05, 4.69) is 26.8 Å². The van der Waals surface area contributed by atoms with Crippen molar-refractivity contribution in [3.05, 3.63) is 102 Å². The van der Waals surface area contributed by atoms with E-state index in [4.69, 9.17) is 5.26 Å². The summed E-state index contributed by atoms with van der Waals surface area (Å²) in [6.45, 7) is 3.72. The van der Waals surface area contributed by atoms with Crippen LogP contribution in [0.3, 0.4) is 0 Å². The quantitative estimate of drug-likeness (QED) is 0.400. The smallest absolute Gasteiger partial charge is 0.378 e. The van der Waals surface area contributed by atoms with Gasteiger partial charge in [-0.05, 0) is 50.2 Å². The van der Waals surface area contributed by atoms with Gasteiger partial charge in [-0.15, -0.1) is 0 Å². The predicted molar refractivity (Wildman–Crippen MR) is 125 cm³/mol. The van der Waals surface area contributed by atoms with Gasteiger partial charge in [-0.25, -0.2) is 19.4 Å². The van der Waals surface area contributed by atoms with E-state index < -0.39 is 11.9 Å². The van der Waals surface area contributed by atoms with Crippen LogP contribution in [0.4, 0.5) is 5.69 Å². The van der Waals surface area contributed by atoms with Crippen molar-refractivity contribution in [1.29, 1.82) is 5.26 Å². The highest BCUT2D eigenvalue weighted by molar-refractivity contribution is 5.92. The summed E-state index contributed by atoms with van der Waals surface area (Å²) in [5, 5.41) is 7.89. The SMILES string of the molecule is CC(C)C#N.CN(C)c1ccccc1.O=C(OOC(=O)c1ccccc1)c1ccccc1. The number of carbonyl (C=O) groups is 2. The van der Waals surface area contributed by atoms with E-state index in [1.807, 2.05) is 52.2 Å². The molecule has 0 aliphatic heterocycles. The van der Waals surface area contributed by atoms with Crippen molar-refractivity contribution >= 4 is 17.6 Å². The van der Waals surface area contributed by atoms with Crippen molar-refractivity contribution in [3.8, 4) is 6.07 Å². The van der Waals surface area contributed by atoms with Gasteiger partial charge in [0.1, 0.15) is 0 Å². The lowest BCUT2D eigenvalue weighted by molar-refractivity contribution is -0.187. The molecular weight excluding hydrogens is 404 g/mol. The Kier molecular flexibility index (Phi) is 12.0. The van der Waals surface area contributed by atoms with Crippen LogP contribution < -0.4 is 4.90 Å². The van der Waals surface area contributed by atoms with E-state index in [0.29, 0.717) is 11.1 Å². The van der Waals surface area contributed by atoms with Gasteiger partial charge < -0.3 is 4.90 Å². The third-order valence-corrected chi connectivity index (χ3v) is 3.74. The number of anilines is 1. The molecule has 0 fully saturated rings. The van der Waals surface area contributed by atoms with Crippen molar-refractivity contribution < 1.29 is 19.4 Å². The third kappa shape index (κ3) is 10.6. The standard InChI is InChI=1S/C14H10O4.C8H11N.C4H7N/c15-13(11-7-3-1-4-8-11)17-18-14(16)12-9-5-2-6-10-12;1-9(2)8-6-4-3-5-7-8;1-4(2)3-5/h1-10H;3-7H,1-2H3;4H,1-2H3. The molecule has 0 spiro atoms. The van der Waals surface area contributed by atoms with Crippen molar-refractivity contribution in [2.24, 2.45) is 5.92 Å². The Morgan fingerprint density at radius 2 is 1.03 bits per heavy atom. The number of hydrogen-bond acceptors (Lipinski definition) is 6. The summed E-state index contributed by atoms with van der Waals surface area (Å²) in [7, 11) is 4.07. The minimum absolute atomic E-state index is 0.190. The minimum atomic E-state index is -0.708. The molecule has 0 saturated carbocycles. The molecule has 3 rings (SSSR count). The highest BCUT2D eigenvalue weighted by atomic mass is 17.2. The first-order chi connectivity index (χ1) is 15.3. The Morgan fingerprint density at radius 3 is 1.28 bits per heavy atom. The molecule has 6 nitrogen and oxygen atoms in total. The Balaban J connectivity index is 0.000000303. The molecule has 3 aromatic carbocycles. The first-order valence-corrected chi connectivity index (χ1v) is 10.0. The number of hydrogen-bond donors (Lipinski definition) is 0. The molecule has 0 heterocycles. The number of para-hydroxylation sites is 1. The molecule has 0 radical (unpaired) electrons. The van der Waals surface area contributed by atoms with Gasteiger partial charge >= 0.3 is 11.9 Å². The second-order valence-corrected chi connectivity index (χ2v) is 6.99. The lowest BCUT2D eigenvalue weighted by atomic mass is 10.2. The minimum Gasteiger partial charge on any atom is -0.378 e. The van der Waals surface area contributed by atoms with E-state index in [0.717, 1.165) is 0 Å². The zero-order chi connectivity index (χ0) is 23.8. The Labute approximate surface area is 189 Å². The molecule has 0 aromatic heterocycles. The van der Waals surface area contributed by atoms with E-state index in [1.54, 1.807) is 60.7 Å². The number of carbonyl (C=O) groups excluding carboxylic acids is 2. The first-order valence-electron chi connectivity index (χ1n) is 10.0.